The van der Waals surface area contributed by atoms with Gasteiger partial charge in [-0.25, -0.2) is 4.98 Å². The molecule has 0 saturated heterocycles. The van der Waals surface area contributed by atoms with Gasteiger partial charge in [0.25, 0.3) is 11.8 Å². The van der Waals surface area contributed by atoms with E-state index in [1.807, 2.05) is 30.3 Å². The molecule has 2 heterocycles. The van der Waals surface area contributed by atoms with Crippen molar-refractivity contribution in [2.24, 2.45) is 0 Å². The van der Waals surface area contributed by atoms with Gasteiger partial charge in [0.1, 0.15) is 6.04 Å². The number of hydrogen-bond acceptors (Lipinski definition) is 5. The van der Waals surface area contributed by atoms with Gasteiger partial charge in [0.15, 0.2) is 0 Å². The number of rotatable bonds is 6. The summed E-state index contributed by atoms with van der Waals surface area (Å²) in [6.07, 6.45) is 1.65. The molecule has 7 nitrogen and oxygen atoms in total. The fourth-order valence-electron chi connectivity index (χ4n) is 3.43. The molecule has 150 valence electrons. The van der Waals surface area contributed by atoms with E-state index in [-0.39, 0.29) is 6.42 Å². The van der Waals surface area contributed by atoms with Crippen molar-refractivity contribution in [2.45, 2.75) is 12.5 Å². The van der Waals surface area contributed by atoms with E-state index in [4.69, 9.17) is 4.74 Å². The number of nitrogens with zero attached hydrogens (tertiary/aromatic N) is 2. The Hall–Kier alpha value is -4.00. The van der Waals surface area contributed by atoms with Crippen LogP contribution in [-0.4, -0.2) is 40.8 Å². The standard InChI is InChI=1S/C23H19N3O4/c1-30-20-12-11-16(14-24-20)25-21(27)19(13-15-7-3-2-4-8-15)26-22(28)17-9-5-6-10-18(17)23(26)29/h2-12,14,19H,13H2,1H3,(H,25,27). The third kappa shape index (κ3) is 3.65. The highest BCUT2D eigenvalue weighted by Gasteiger charge is 2.42. The predicted molar refractivity (Wildman–Crippen MR) is 110 cm³/mol. The molecule has 0 radical (unpaired) electrons. The van der Waals surface area contributed by atoms with Crippen molar-refractivity contribution in [1.82, 2.24) is 9.88 Å². The number of methoxy groups -OCH3 is 1. The molecular formula is C23H19N3O4. The van der Waals surface area contributed by atoms with Gasteiger partial charge in [0.2, 0.25) is 11.8 Å². The van der Waals surface area contributed by atoms with E-state index in [0.29, 0.717) is 22.7 Å². The third-order valence-electron chi connectivity index (χ3n) is 4.92. The highest BCUT2D eigenvalue weighted by Crippen LogP contribution is 2.26. The van der Waals surface area contributed by atoms with E-state index in [2.05, 4.69) is 10.3 Å². The van der Waals surface area contributed by atoms with Crippen LogP contribution in [0.15, 0.2) is 72.9 Å². The lowest BCUT2D eigenvalue weighted by molar-refractivity contribution is -0.119. The van der Waals surface area contributed by atoms with Gasteiger partial charge >= 0.3 is 0 Å². The molecule has 3 amide bonds. The Bertz CT molecular complexity index is 1060. The quantitative estimate of drug-likeness (QED) is 0.642. The zero-order valence-electron chi connectivity index (χ0n) is 16.2. The number of anilines is 1. The largest absolute Gasteiger partial charge is 0.481 e. The van der Waals surface area contributed by atoms with E-state index in [9.17, 15) is 14.4 Å². The van der Waals surface area contributed by atoms with E-state index in [1.54, 1.807) is 36.4 Å². The Morgan fingerprint density at radius 3 is 2.17 bits per heavy atom. The number of fused-ring (bicyclic) bond motifs is 1. The zero-order chi connectivity index (χ0) is 21.1. The van der Waals surface area contributed by atoms with Crippen molar-refractivity contribution in [2.75, 3.05) is 12.4 Å². The molecule has 0 aliphatic carbocycles. The molecule has 0 spiro atoms. The van der Waals surface area contributed by atoms with Gasteiger partial charge in [-0.3, -0.25) is 19.3 Å². The van der Waals surface area contributed by atoms with E-state index in [1.165, 1.54) is 13.3 Å². The molecule has 2 aromatic carbocycles. The summed E-state index contributed by atoms with van der Waals surface area (Å²) < 4.78 is 5.02. The van der Waals surface area contributed by atoms with Crippen LogP contribution in [0.5, 0.6) is 5.88 Å². The number of carbonyl (C=O) groups is 3. The molecule has 1 aliphatic heterocycles. The predicted octanol–water partition coefficient (Wildman–Crippen LogP) is 2.94. The number of imide groups is 1. The average molecular weight is 401 g/mol. The van der Waals surface area contributed by atoms with Gasteiger partial charge in [0, 0.05) is 12.5 Å². The SMILES string of the molecule is COc1ccc(NC(=O)C(Cc2ccccc2)N2C(=O)c3ccccc3C2=O)cn1. The lowest BCUT2D eigenvalue weighted by Crippen LogP contribution is -2.48. The number of ether oxygens (including phenoxy) is 1. The van der Waals surface area contributed by atoms with Crippen molar-refractivity contribution < 1.29 is 19.1 Å². The van der Waals surface area contributed by atoms with Crippen molar-refractivity contribution in [1.29, 1.82) is 0 Å². The van der Waals surface area contributed by atoms with Crippen molar-refractivity contribution >= 4 is 23.4 Å². The van der Waals surface area contributed by atoms with Crippen LogP contribution >= 0.6 is 0 Å². The molecule has 1 aromatic heterocycles. The molecule has 0 saturated carbocycles. The maximum atomic E-state index is 13.2. The summed E-state index contributed by atoms with van der Waals surface area (Å²) in [5.41, 5.74) is 1.89. The van der Waals surface area contributed by atoms with Gasteiger partial charge in [-0.15, -0.1) is 0 Å². The minimum absolute atomic E-state index is 0.196. The Morgan fingerprint density at radius 2 is 1.60 bits per heavy atom. The molecule has 1 N–H and O–H groups in total. The highest BCUT2D eigenvalue weighted by atomic mass is 16.5. The van der Waals surface area contributed by atoms with Crippen LogP contribution in [0.2, 0.25) is 0 Å². The number of aromatic nitrogens is 1. The van der Waals surface area contributed by atoms with E-state index in [0.717, 1.165) is 10.5 Å². The van der Waals surface area contributed by atoms with Crippen molar-refractivity contribution in [3.63, 3.8) is 0 Å². The number of amides is 3. The first-order valence-corrected chi connectivity index (χ1v) is 9.40. The van der Waals surface area contributed by atoms with Gasteiger partial charge in [-0.2, -0.15) is 0 Å². The topological polar surface area (TPSA) is 88.6 Å². The lowest BCUT2D eigenvalue weighted by atomic mass is 10.0. The maximum absolute atomic E-state index is 13.2. The minimum atomic E-state index is -1.01. The Balaban J connectivity index is 1.65. The van der Waals surface area contributed by atoms with Crippen LogP contribution in [0.4, 0.5) is 5.69 Å². The molecule has 0 bridgehead atoms. The summed E-state index contributed by atoms with van der Waals surface area (Å²) in [6, 6.07) is 18.1. The summed E-state index contributed by atoms with van der Waals surface area (Å²) in [5.74, 6) is -1.01. The van der Waals surface area contributed by atoms with Gasteiger partial charge in [0.05, 0.1) is 30.1 Å². The Labute approximate surface area is 173 Å². The smallest absolute Gasteiger partial charge is 0.262 e. The van der Waals surface area contributed by atoms with Crippen LogP contribution < -0.4 is 10.1 Å². The average Bonchev–Trinajstić information content (AvgIpc) is 3.03. The van der Waals surface area contributed by atoms with Gasteiger partial charge < -0.3 is 10.1 Å². The summed E-state index contributed by atoms with van der Waals surface area (Å²) in [4.78, 5) is 44.2. The molecule has 30 heavy (non-hydrogen) atoms. The molecule has 1 atom stereocenters. The van der Waals surface area contributed by atoms with Crippen LogP contribution in [0.1, 0.15) is 26.3 Å². The number of pyridine rings is 1. The second kappa shape index (κ2) is 8.16. The van der Waals surface area contributed by atoms with E-state index < -0.39 is 23.8 Å². The fourth-order valence-corrected chi connectivity index (χ4v) is 3.43. The van der Waals surface area contributed by atoms with Crippen LogP contribution in [0, 0.1) is 0 Å². The minimum Gasteiger partial charge on any atom is -0.481 e. The maximum Gasteiger partial charge on any atom is 0.262 e. The molecule has 1 unspecified atom stereocenters. The summed E-state index contributed by atoms with van der Waals surface area (Å²) in [5, 5.41) is 2.76. The zero-order valence-corrected chi connectivity index (χ0v) is 16.2. The van der Waals surface area contributed by atoms with Gasteiger partial charge in [-0.05, 0) is 23.8 Å². The molecule has 0 fully saturated rings. The molecule has 3 aromatic rings. The molecule has 7 heteroatoms. The molecular weight excluding hydrogens is 382 g/mol. The first kappa shape index (κ1) is 19.3. The fraction of sp³-hybridized carbons (Fsp3) is 0.130. The van der Waals surface area contributed by atoms with Crippen molar-refractivity contribution in [3.05, 3.63) is 89.6 Å². The van der Waals surface area contributed by atoms with Crippen LogP contribution in [0.25, 0.3) is 0 Å². The van der Waals surface area contributed by atoms with E-state index >= 15 is 0 Å². The molecule has 4 rings (SSSR count). The monoisotopic (exact) mass is 401 g/mol. The Kier molecular flexibility index (Phi) is 5.26. The number of benzene rings is 2. The second-order valence-corrected chi connectivity index (χ2v) is 6.81. The summed E-state index contributed by atoms with van der Waals surface area (Å²) >= 11 is 0. The first-order chi connectivity index (χ1) is 14.6. The first-order valence-electron chi connectivity index (χ1n) is 9.40. The number of nitrogens with one attached hydrogen (secondary N) is 1. The van der Waals surface area contributed by atoms with Crippen molar-refractivity contribution in [3.8, 4) is 5.88 Å². The highest BCUT2D eigenvalue weighted by molar-refractivity contribution is 6.23. The summed E-state index contributed by atoms with van der Waals surface area (Å²) in [7, 11) is 1.50. The Morgan fingerprint density at radius 1 is 0.967 bits per heavy atom. The van der Waals surface area contributed by atoms with Crippen LogP contribution in [0.3, 0.4) is 0 Å². The normalized spacial score (nSPS) is 13.7. The number of hydrogen-bond donors (Lipinski definition) is 1. The molecule has 1 aliphatic rings. The van der Waals surface area contributed by atoms with Gasteiger partial charge in [-0.1, -0.05) is 42.5 Å². The van der Waals surface area contributed by atoms with Crippen LogP contribution in [-0.2, 0) is 11.2 Å². The summed E-state index contributed by atoms with van der Waals surface area (Å²) in [6.45, 7) is 0. The lowest BCUT2D eigenvalue weighted by Gasteiger charge is -2.25. The second-order valence-electron chi connectivity index (χ2n) is 6.81. The number of carbonyl (C=O) groups excluding carboxylic acids is 3. The third-order valence-corrected chi connectivity index (χ3v) is 4.92.